The monoisotopic (exact) mass is 484 g/mol. The summed E-state index contributed by atoms with van der Waals surface area (Å²) in [6.07, 6.45) is 3.17. The summed E-state index contributed by atoms with van der Waals surface area (Å²) in [4.78, 5) is 49.4. The number of carbonyl (C=O) groups excluding carboxylic acids is 3. The van der Waals surface area contributed by atoms with Crippen molar-refractivity contribution >= 4 is 46.2 Å². The van der Waals surface area contributed by atoms with Gasteiger partial charge in [0.25, 0.3) is 17.5 Å². The van der Waals surface area contributed by atoms with Crippen LogP contribution < -0.4 is 10.2 Å². The van der Waals surface area contributed by atoms with Crippen LogP contribution in [0, 0.1) is 15.9 Å². The van der Waals surface area contributed by atoms with E-state index >= 15 is 0 Å². The largest absolute Gasteiger partial charge is 0.342 e. The van der Waals surface area contributed by atoms with Crippen molar-refractivity contribution in [1.82, 2.24) is 9.88 Å². The van der Waals surface area contributed by atoms with Gasteiger partial charge in [0.05, 0.1) is 10.6 Å². The average molecular weight is 484 g/mol. The summed E-state index contributed by atoms with van der Waals surface area (Å²) in [7, 11) is 0. The lowest BCUT2D eigenvalue weighted by Gasteiger charge is -2.26. The first kappa shape index (κ1) is 22.7. The van der Waals surface area contributed by atoms with Crippen LogP contribution in [0.3, 0.4) is 0 Å². The summed E-state index contributed by atoms with van der Waals surface area (Å²) in [5.41, 5.74) is 2.07. The number of halogens is 1. The molecule has 2 heterocycles. The van der Waals surface area contributed by atoms with E-state index in [1.165, 1.54) is 30.3 Å². The molecule has 1 aromatic heterocycles. The van der Waals surface area contributed by atoms with Crippen LogP contribution in [-0.4, -0.2) is 27.3 Å². The second-order valence-corrected chi connectivity index (χ2v) is 8.09. The standard InChI is InChI=1S/C26H17FN4O5/c27-18-7-11-19(12-8-18)30-25(33)22(24(32)28-26(30)34)13-17-15-29(23-4-2-1-3-21(17)23)14-16-5-9-20(10-6-16)31(35)36/h1-13,15H,14H2,(H,28,32,34)/b22-13-. The Morgan fingerprint density at radius 2 is 1.64 bits per heavy atom. The lowest BCUT2D eigenvalue weighted by molar-refractivity contribution is -0.384. The van der Waals surface area contributed by atoms with Crippen LogP contribution in [0.2, 0.25) is 0 Å². The molecule has 0 aliphatic carbocycles. The Labute approximate surface area is 203 Å². The number of nitrogens with one attached hydrogen (secondary N) is 1. The normalized spacial score (nSPS) is 15.0. The van der Waals surface area contributed by atoms with Gasteiger partial charge in [-0.2, -0.15) is 0 Å². The predicted octanol–water partition coefficient (Wildman–Crippen LogP) is 4.40. The van der Waals surface area contributed by atoms with Crippen LogP contribution >= 0.6 is 0 Å². The number of fused-ring (bicyclic) bond motifs is 1. The molecule has 178 valence electrons. The van der Waals surface area contributed by atoms with Gasteiger partial charge in [-0.05, 0) is 42.0 Å². The molecule has 9 nitrogen and oxygen atoms in total. The molecule has 5 rings (SSSR count). The molecule has 4 amide bonds. The Bertz CT molecular complexity index is 1570. The zero-order chi connectivity index (χ0) is 25.4. The van der Waals surface area contributed by atoms with Crippen molar-refractivity contribution in [2.75, 3.05) is 4.90 Å². The van der Waals surface area contributed by atoms with E-state index in [-0.39, 0.29) is 16.9 Å². The number of barbiturate groups is 1. The summed E-state index contributed by atoms with van der Waals surface area (Å²) in [6, 6.07) is 17.4. The second-order valence-electron chi connectivity index (χ2n) is 8.09. The fourth-order valence-corrected chi connectivity index (χ4v) is 4.08. The summed E-state index contributed by atoms with van der Waals surface area (Å²) in [6.45, 7) is 0.391. The number of anilines is 1. The third-order valence-corrected chi connectivity index (χ3v) is 5.81. The fourth-order valence-electron chi connectivity index (χ4n) is 4.08. The predicted molar refractivity (Wildman–Crippen MR) is 130 cm³/mol. The average Bonchev–Trinajstić information content (AvgIpc) is 3.20. The molecule has 4 aromatic rings. The zero-order valence-corrected chi connectivity index (χ0v) is 18.6. The molecule has 0 bridgehead atoms. The van der Waals surface area contributed by atoms with Crippen molar-refractivity contribution in [3.8, 4) is 0 Å². The van der Waals surface area contributed by atoms with Gasteiger partial charge in [-0.25, -0.2) is 14.1 Å². The maximum atomic E-state index is 13.3. The van der Waals surface area contributed by atoms with Crippen molar-refractivity contribution in [2.24, 2.45) is 0 Å². The lowest BCUT2D eigenvalue weighted by Crippen LogP contribution is -2.54. The third-order valence-electron chi connectivity index (χ3n) is 5.81. The Morgan fingerprint density at radius 1 is 0.944 bits per heavy atom. The summed E-state index contributed by atoms with van der Waals surface area (Å²) in [5, 5.41) is 13.8. The molecule has 1 aliphatic heterocycles. The summed E-state index contributed by atoms with van der Waals surface area (Å²) < 4.78 is 15.2. The number of hydrogen-bond acceptors (Lipinski definition) is 5. The number of rotatable bonds is 5. The van der Waals surface area contributed by atoms with Crippen molar-refractivity contribution in [1.29, 1.82) is 0 Å². The molecule has 36 heavy (non-hydrogen) atoms. The van der Waals surface area contributed by atoms with Crippen LogP contribution in [0.5, 0.6) is 0 Å². The number of hydrogen-bond donors (Lipinski definition) is 1. The van der Waals surface area contributed by atoms with Gasteiger partial charge < -0.3 is 4.57 Å². The number of amides is 4. The van der Waals surface area contributed by atoms with Crippen molar-refractivity contribution in [2.45, 2.75) is 6.54 Å². The van der Waals surface area contributed by atoms with Crippen LogP contribution in [0.4, 0.5) is 20.6 Å². The number of nitro groups is 1. The highest BCUT2D eigenvalue weighted by Crippen LogP contribution is 2.27. The minimum absolute atomic E-state index is 0.0105. The number of urea groups is 1. The SMILES string of the molecule is O=C1NC(=O)N(c2ccc(F)cc2)C(=O)/C1=C\c1cn(Cc2ccc([N+](=O)[O-])cc2)c2ccccc12. The highest BCUT2D eigenvalue weighted by atomic mass is 19.1. The number of non-ortho nitro benzene ring substituents is 1. The van der Waals surface area contributed by atoms with Crippen molar-refractivity contribution in [3.05, 3.63) is 112 Å². The minimum atomic E-state index is -0.922. The van der Waals surface area contributed by atoms with Crippen LogP contribution in [0.15, 0.2) is 84.6 Å². The van der Waals surface area contributed by atoms with Crippen molar-refractivity contribution < 1.29 is 23.7 Å². The van der Waals surface area contributed by atoms with Gasteiger partial charge in [-0.3, -0.25) is 25.0 Å². The molecule has 10 heteroatoms. The lowest BCUT2D eigenvalue weighted by atomic mass is 10.1. The van der Waals surface area contributed by atoms with E-state index in [0.717, 1.165) is 33.5 Å². The first-order valence-corrected chi connectivity index (χ1v) is 10.8. The Kier molecular flexibility index (Phi) is 5.61. The van der Waals surface area contributed by atoms with Crippen LogP contribution in [0.25, 0.3) is 17.0 Å². The Balaban J connectivity index is 1.53. The molecule has 1 saturated heterocycles. The van der Waals surface area contributed by atoms with Gasteiger partial charge in [0.1, 0.15) is 11.4 Å². The van der Waals surface area contributed by atoms with E-state index in [2.05, 4.69) is 5.32 Å². The maximum Gasteiger partial charge on any atom is 0.335 e. The number of imide groups is 2. The van der Waals surface area contributed by atoms with E-state index in [1.807, 2.05) is 28.8 Å². The molecular formula is C26H17FN4O5. The van der Waals surface area contributed by atoms with Gasteiger partial charge in [0.15, 0.2) is 0 Å². The highest BCUT2D eigenvalue weighted by molar-refractivity contribution is 6.39. The first-order chi connectivity index (χ1) is 17.3. The quantitative estimate of drug-likeness (QED) is 0.195. The first-order valence-electron chi connectivity index (χ1n) is 10.8. The number of para-hydroxylation sites is 1. The number of nitrogens with zero attached hydrogens (tertiary/aromatic N) is 3. The summed E-state index contributed by atoms with van der Waals surface area (Å²) >= 11 is 0. The minimum Gasteiger partial charge on any atom is -0.342 e. The maximum absolute atomic E-state index is 13.3. The zero-order valence-electron chi connectivity index (χ0n) is 18.6. The number of nitro benzene ring substituents is 1. The summed E-state index contributed by atoms with van der Waals surface area (Å²) in [5.74, 6) is -2.20. The van der Waals surface area contributed by atoms with Crippen molar-refractivity contribution in [3.63, 3.8) is 0 Å². The molecule has 0 spiro atoms. The smallest absolute Gasteiger partial charge is 0.335 e. The second kappa shape index (κ2) is 8.91. The van der Waals surface area contributed by atoms with E-state index in [1.54, 1.807) is 18.3 Å². The van der Waals surface area contributed by atoms with E-state index in [0.29, 0.717) is 12.1 Å². The van der Waals surface area contributed by atoms with E-state index in [4.69, 9.17) is 0 Å². The third kappa shape index (κ3) is 4.11. The van der Waals surface area contributed by atoms with Crippen LogP contribution in [0.1, 0.15) is 11.1 Å². The molecule has 1 N–H and O–H groups in total. The van der Waals surface area contributed by atoms with Gasteiger partial charge >= 0.3 is 6.03 Å². The molecule has 3 aromatic carbocycles. The number of aromatic nitrogens is 1. The van der Waals surface area contributed by atoms with Gasteiger partial charge in [-0.1, -0.05) is 30.3 Å². The molecule has 1 fully saturated rings. The molecular weight excluding hydrogens is 467 g/mol. The van der Waals surface area contributed by atoms with Gasteiger partial charge in [-0.15, -0.1) is 0 Å². The number of benzene rings is 3. The van der Waals surface area contributed by atoms with Crippen LogP contribution in [-0.2, 0) is 16.1 Å². The van der Waals surface area contributed by atoms with Gasteiger partial charge in [0, 0.05) is 41.3 Å². The highest BCUT2D eigenvalue weighted by Gasteiger charge is 2.37. The molecule has 0 unspecified atom stereocenters. The topological polar surface area (TPSA) is 115 Å². The Morgan fingerprint density at radius 3 is 2.33 bits per heavy atom. The van der Waals surface area contributed by atoms with E-state index in [9.17, 15) is 28.9 Å². The van der Waals surface area contributed by atoms with E-state index < -0.39 is 28.6 Å². The molecule has 0 saturated carbocycles. The Hall–Kier alpha value is -5.12. The van der Waals surface area contributed by atoms with Gasteiger partial charge in [0.2, 0.25) is 0 Å². The molecule has 0 atom stereocenters. The fraction of sp³-hybridized carbons (Fsp3) is 0.0385. The molecule has 1 aliphatic rings. The number of carbonyl (C=O) groups is 3. The molecule has 0 radical (unpaired) electrons.